The molecule has 12 heteroatoms. The number of nitrogens with one attached hydrogen (secondary N) is 1. The van der Waals surface area contributed by atoms with Crippen LogP contribution in [0.5, 0.6) is 11.6 Å². The Hall–Kier alpha value is -3.93. The number of halogens is 3. The minimum atomic E-state index is -4.65. The van der Waals surface area contributed by atoms with Crippen molar-refractivity contribution in [3.05, 3.63) is 83.2 Å². The molecule has 4 rings (SSSR count). The van der Waals surface area contributed by atoms with E-state index in [0.29, 0.717) is 17.6 Å². The molecule has 0 atom stereocenters. The van der Waals surface area contributed by atoms with Crippen LogP contribution < -0.4 is 9.46 Å². The fraction of sp³-hybridized carbons (Fsp3) is 0.174. The van der Waals surface area contributed by atoms with Crippen LogP contribution in [0.3, 0.4) is 0 Å². The third-order valence-electron chi connectivity index (χ3n) is 5.30. The van der Waals surface area contributed by atoms with Crippen LogP contribution >= 0.6 is 0 Å². The molecule has 2 aromatic carbocycles. The van der Waals surface area contributed by atoms with Crippen molar-refractivity contribution in [2.24, 2.45) is 0 Å². The summed E-state index contributed by atoms with van der Waals surface area (Å²) in [5.41, 5.74) is 2.01. The third kappa shape index (κ3) is 5.27. The molecule has 0 unspecified atom stereocenters. The number of nitrogens with zero attached hydrogens (tertiary/aromatic N) is 4. The molecule has 182 valence electrons. The quantitative estimate of drug-likeness (QED) is 0.388. The van der Waals surface area contributed by atoms with E-state index in [2.05, 4.69) is 20.0 Å². The van der Waals surface area contributed by atoms with Crippen LogP contribution in [0.1, 0.15) is 22.5 Å². The predicted octanol–water partition coefficient (Wildman–Crippen LogP) is 5.20. The van der Waals surface area contributed by atoms with Crippen LogP contribution in [-0.4, -0.2) is 28.4 Å². The van der Waals surface area contributed by atoms with E-state index in [4.69, 9.17) is 4.74 Å². The Morgan fingerprint density at radius 1 is 0.943 bits per heavy atom. The second-order valence-corrected chi connectivity index (χ2v) is 9.38. The van der Waals surface area contributed by atoms with Crippen molar-refractivity contribution in [2.75, 3.05) is 4.72 Å². The summed E-state index contributed by atoms with van der Waals surface area (Å²) in [5, 5.41) is 12.6. The number of hydrogen-bond donors (Lipinski definition) is 1. The van der Waals surface area contributed by atoms with Gasteiger partial charge in [-0.1, -0.05) is 6.07 Å². The van der Waals surface area contributed by atoms with Gasteiger partial charge >= 0.3 is 6.18 Å². The largest absolute Gasteiger partial charge is 0.438 e. The Morgan fingerprint density at radius 2 is 1.66 bits per heavy atom. The molecule has 0 aliphatic heterocycles. The molecule has 8 nitrogen and oxygen atoms in total. The lowest BCUT2D eigenvalue weighted by Gasteiger charge is -2.11. The average molecular weight is 504 g/mol. The van der Waals surface area contributed by atoms with Gasteiger partial charge in [0.1, 0.15) is 5.75 Å². The van der Waals surface area contributed by atoms with Gasteiger partial charge in [-0.3, -0.25) is 4.72 Å². The van der Waals surface area contributed by atoms with E-state index >= 15 is 0 Å². The van der Waals surface area contributed by atoms with Crippen molar-refractivity contribution in [3.8, 4) is 17.4 Å². The Morgan fingerprint density at radius 3 is 2.23 bits per heavy atom. The maximum absolute atomic E-state index is 12.9. The number of ether oxygens (including phenoxy) is 1. The van der Waals surface area contributed by atoms with Crippen LogP contribution in [0.4, 0.5) is 18.9 Å². The molecule has 0 saturated heterocycles. The minimum absolute atomic E-state index is 0.149. The fourth-order valence-corrected chi connectivity index (χ4v) is 4.29. The lowest BCUT2D eigenvalue weighted by atomic mass is 10.2. The highest BCUT2D eigenvalue weighted by atomic mass is 32.2. The summed E-state index contributed by atoms with van der Waals surface area (Å²) in [4.78, 5) is -0.499. The zero-order valence-corrected chi connectivity index (χ0v) is 19.6. The van der Waals surface area contributed by atoms with Gasteiger partial charge in [-0.2, -0.15) is 18.3 Å². The molecular weight excluding hydrogens is 483 g/mol. The number of hydrogen-bond acceptors (Lipinski definition) is 6. The van der Waals surface area contributed by atoms with Gasteiger partial charge in [0.2, 0.25) is 5.88 Å². The molecule has 0 aliphatic carbocycles. The molecule has 35 heavy (non-hydrogen) atoms. The van der Waals surface area contributed by atoms with Gasteiger partial charge in [0.15, 0.2) is 5.82 Å². The summed E-state index contributed by atoms with van der Waals surface area (Å²) in [6.45, 7) is 5.82. The van der Waals surface area contributed by atoms with E-state index in [1.54, 1.807) is 16.8 Å². The molecule has 0 spiro atoms. The number of benzene rings is 2. The highest BCUT2D eigenvalue weighted by molar-refractivity contribution is 7.92. The molecular formula is C23H20F3N5O3S. The Labute approximate surface area is 199 Å². The summed E-state index contributed by atoms with van der Waals surface area (Å²) >= 11 is 0. The lowest BCUT2D eigenvalue weighted by molar-refractivity contribution is -0.137. The highest BCUT2D eigenvalue weighted by Gasteiger charge is 2.31. The molecule has 0 amide bonds. The van der Waals surface area contributed by atoms with E-state index in [9.17, 15) is 21.6 Å². The predicted molar refractivity (Wildman–Crippen MR) is 122 cm³/mol. The normalized spacial score (nSPS) is 11.9. The van der Waals surface area contributed by atoms with Gasteiger partial charge < -0.3 is 4.74 Å². The second kappa shape index (κ2) is 9.02. The molecule has 4 aromatic rings. The zero-order chi connectivity index (χ0) is 25.4. The van der Waals surface area contributed by atoms with Gasteiger partial charge in [0, 0.05) is 17.4 Å². The van der Waals surface area contributed by atoms with Crippen LogP contribution in [-0.2, 0) is 16.2 Å². The van der Waals surface area contributed by atoms with Crippen LogP contribution in [0.2, 0.25) is 0 Å². The minimum Gasteiger partial charge on any atom is -0.438 e. The van der Waals surface area contributed by atoms with E-state index in [0.717, 1.165) is 35.2 Å². The summed E-state index contributed by atoms with van der Waals surface area (Å²) in [6.07, 6.45) is -4.65. The smallest absolute Gasteiger partial charge is 0.416 e. The number of aromatic nitrogens is 4. The van der Waals surface area contributed by atoms with Gasteiger partial charge in [-0.25, -0.2) is 13.1 Å². The first kappa shape index (κ1) is 24.2. The van der Waals surface area contributed by atoms with Crippen LogP contribution in [0.15, 0.2) is 65.6 Å². The van der Waals surface area contributed by atoms with Crippen molar-refractivity contribution in [2.45, 2.75) is 31.8 Å². The second-order valence-electron chi connectivity index (χ2n) is 7.69. The Bertz CT molecular complexity index is 1470. The average Bonchev–Trinajstić information content (AvgIpc) is 3.07. The first-order valence-corrected chi connectivity index (χ1v) is 11.8. The molecule has 2 heterocycles. The Kier molecular flexibility index (Phi) is 6.24. The number of aryl methyl sites for hydroxylation is 1. The Balaban J connectivity index is 1.45. The molecule has 1 N–H and O–H groups in total. The lowest BCUT2D eigenvalue weighted by Crippen LogP contribution is -2.14. The van der Waals surface area contributed by atoms with Crippen molar-refractivity contribution in [1.82, 2.24) is 20.0 Å². The van der Waals surface area contributed by atoms with Crippen LogP contribution in [0.25, 0.3) is 5.82 Å². The number of sulfonamides is 1. The number of anilines is 1. The SMILES string of the molecule is Cc1nn(-c2ccc(Oc3ccc(NS(=O)(=O)c4cccc(C(F)(F)F)c4)cc3)nn2)c(C)c1C. The standard InChI is InChI=1S/C23H20F3N5O3S/c1-14-15(2)29-31(16(14)3)21-11-12-22(28-27-21)34-19-9-7-18(8-10-19)30-35(32,33)20-6-4-5-17(13-20)23(24,25)26/h4-13,30H,1-3H3. The van der Waals surface area contributed by atoms with Gasteiger partial charge in [-0.15, -0.1) is 10.2 Å². The van der Waals surface area contributed by atoms with Crippen molar-refractivity contribution in [3.63, 3.8) is 0 Å². The van der Waals surface area contributed by atoms with E-state index in [-0.39, 0.29) is 11.6 Å². The summed E-state index contributed by atoms with van der Waals surface area (Å²) in [7, 11) is -4.23. The number of alkyl halides is 3. The third-order valence-corrected chi connectivity index (χ3v) is 6.68. The fourth-order valence-electron chi connectivity index (χ4n) is 3.19. The molecule has 0 aliphatic rings. The maximum atomic E-state index is 12.9. The van der Waals surface area contributed by atoms with Gasteiger partial charge in [0.05, 0.1) is 16.2 Å². The topological polar surface area (TPSA) is 99.0 Å². The summed E-state index contributed by atoms with van der Waals surface area (Å²) in [6, 6.07) is 12.7. The molecule has 0 saturated carbocycles. The molecule has 0 bridgehead atoms. The van der Waals surface area contributed by atoms with Crippen LogP contribution in [0, 0.1) is 20.8 Å². The van der Waals surface area contributed by atoms with Crippen molar-refractivity contribution in [1.29, 1.82) is 0 Å². The first-order valence-electron chi connectivity index (χ1n) is 10.3. The van der Waals surface area contributed by atoms with Gasteiger partial charge in [-0.05, 0) is 74.9 Å². The molecule has 2 aromatic heterocycles. The van der Waals surface area contributed by atoms with E-state index < -0.39 is 26.7 Å². The van der Waals surface area contributed by atoms with Crippen molar-refractivity contribution < 1.29 is 26.3 Å². The van der Waals surface area contributed by atoms with Crippen molar-refractivity contribution >= 4 is 15.7 Å². The molecule has 0 fully saturated rings. The summed E-state index contributed by atoms with van der Waals surface area (Å²) < 4.78 is 73.3. The van der Waals surface area contributed by atoms with E-state index in [1.165, 1.54) is 24.3 Å². The zero-order valence-electron chi connectivity index (χ0n) is 18.8. The highest BCUT2D eigenvalue weighted by Crippen LogP contribution is 2.31. The summed E-state index contributed by atoms with van der Waals surface area (Å²) in [5.74, 6) is 1.10. The monoisotopic (exact) mass is 503 g/mol. The first-order chi connectivity index (χ1) is 16.4. The van der Waals surface area contributed by atoms with E-state index in [1.807, 2.05) is 20.8 Å². The number of rotatable bonds is 6. The maximum Gasteiger partial charge on any atom is 0.416 e. The molecule has 0 radical (unpaired) electrons. The van der Waals surface area contributed by atoms with Gasteiger partial charge in [0.25, 0.3) is 10.0 Å².